The van der Waals surface area contributed by atoms with Gasteiger partial charge in [0.25, 0.3) is 0 Å². The normalized spacial score (nSPS) is 10.2. The Morgan fingerprint density at radius 1 is 1.09 bits per heavy atom. The Morgan fingerprint density at radius 2 is 1.77 bits per heavy atom. The molecule has 2 rings (SSSR count). The zero-order valence-corrected chi connectivity index (χ0v) is 12.7. The maximum Gasteiger partial charge on any atom is 0.387 e. The molecule has 0 spiro atoms. The van der Waals surface area contributed by atoms with Crippen LogP contribution in [0.2, 0.25) is 5.02 Å². The van der Waals surface area contributed by atoms with Gasteiger partial charge in [0, 0.05) is 5.69 Å². The average molecular weight is 344 g/mol. The largest absolute Gasteiger partial charge is 0.435 e. The Balaban J connectivity index is 1.85. The molecular formula is C14H12ClF2N3OS. The number of ether oxygens (including phenoxy) is 1. The van der Waals surface area contributed by atoms with Crippen LogP contribution in [-0.4, -0.2) is 11.7 Å². The summed E-state index contributed by atoms with van der Waals surface area (Å²) >= 11 is 11.1. The first-order chi connectivity index (χ1) is 10.5. The second kappa shape index (κ2) is 7.77. The van der Waals surface area contributed by atoms with Crippen LogP contribution in [-0.2, 0) is 0 Å². The summed E-state index contributed by atoms with van der Waals surface area (Å²) in [5.41, 5.74) is 6.93. The van der Waals surface area contributed by atoms with E-state index in [0.29, 0.717) is 21.5 Å². The third-order valence-corrected chi connectivity index (χ3v) is 3.06. The first-order valence-electron chi connectivity index (χ1n) is 6.17. The molecule has 3 N–H and O–H groups in total. The molecule has 0 radical (unpaired) electrons. The van der Waals surface area contributed by atoms with Gasteiger partial charge in [0.2, 0.25) is 0 Å². The molecule has 0 fully saturated rings. The van der Waals surface area contributed by atoms with Crippen LogP contribution < -0.4 is 20.9 Å². The van der Waals surface area contributed by atoms with Crippen LogP contribution in [0.15, 0.2) is 48.5 Å². The number of nitrogens with one attached hydrogen (secondary N) is 3. The molecule has 0 aromatic heterocycles. The van der Waals surface area contributed by atoms with Gasteiger partial charge in [0.15, 0.2) is 5.11 Å². The minimum Gasteiger partial charge on any atom is -0.435 e. The predicted molar refractivity (Wildman–Crippen MR) is 87.5 cm³/mol. The van der Waals surface area contributed by atoms with Crippen molar-refractivity contribution in [3.8, 4) is 5.75 Å². The zero-order chi connectivity index (χ0) is 15.9. The van der Waals surface area contributed by atoms with Crippen molar-refractivity contribution < 1.29 is 13.5 Å². The summed E-state index contributed by atoms with van der Waals surface area (Å²) in [4.78, 5) is 0. The monoisotopic (exact) mass is 343 g/mol. The highest BCUT2D eigenvalue weighted by atomic mass is 35.5. The highest BCUT2D eigenvalue weighted by Crippen LogP contribution is 2.20. The zero-order valence-electron chi connectivity index (χ0n) is 11.1. The molecule has 0 aliphatic rings. The Bertz CT molecular complexity index is 640. The van der Waals surface area contributed by atoms with E-state index in [2.05, 4.69) is 20.9 Å². The fourth-order valence-electron chi connectivity index (χ4n) is 1.57. The van der Waals surface area contributed by atoms with Crippen molar-refractivity contribution in [3.05, 3.63) is 53.6 Å². The molecule has 22 heavy (non-hydrogen) atoms. The number of thiocarbonyl (C=S) groups is 1. The van der Waals surface area contributed by atoms with Crippen molar-refractivity contribution in [1.82, 2.24) is 5.43 Å². The quantitative estimate of drug-likeness (QED) is 0.559. The smallest absolute Gasteiger partial charge is 0.387 e. The maximum absolute atomic E-state index is 12.0. The standard InChI is InChI=1S/C14H12ClF2N3OS/c15-11-3-1-2-4-12(11)19-20-14(22)18-9-5-7-10(8-6-9)21-13(16)17/h1-8,13,19H,(H2,18,20,22). The second-order valence-electron chi connectivity index (χ2n) is 4.09. The van der Waals surface area contributed by atoms with Crippen LogP contribution in [0.5, 0.6) is 5.75 Å². The number of rotatable bonds is 5. The van der Waals surface area contributed by atoms with Gasteiger partial charge in [-0.2, -0.15) is 8.78 Å². The molecule has 4 nitrogen and oxygen atoms in total. The van der Waals surface area contributed by atoms with E-state index in [1.807, 2.05) is 12.1 Å². The number of alkyl halides is 2. The number of anilines is 2. The van der Waals surface area contributed by atoms with Gasteiger partial charge in [0.1, 0.15) is 5.75 Å². The Morgan fingerprint density at radius 3 is 2.41 bits per heavy atom. The summed E-state index contributed by atoms with van der Waals surface area (Å²) in [7, 11) is 0. The molecule has 0 saturated heterocycles. The molecule has 2 aromatic rings. The molecule has 0 atom stereocenters. The van der Waals surface area contributed by atoms with E-state index in [9.17, 15) is 8.78 Å². The molecule has 0 saturated carbocycles. The summed E-state index contributed by atoms with van der Waals surface area (Å²) in [6.45, 7) is -2.85. The van der Waals surface area contributed by atoms with Gasteiger partial charge in [-0.1, -0.05) is 23.7 Å². The van der Waals surface area contributed by atoms with E-state index in [1.54, 1.807) is 24.3 Å². The Kier molecular flexibility index (Phi) is 5.74. The van der Waals surface area contributed by atoms with Crippen LogP contribution in [0.25, 0.3) is 0 Å². The van der Waals surface area contributed by atoms with Gasteiger partial charge in [-0.15, -0.1) is 0 Å². The number of para-hydroxylation sites is 1. The van der Waals surface area contributed by atoms with Crippen LogP contribution in [0.1, 0.15) is 0 Å². The molecule has 0 aliphatic heterocycles. The van der Waals surface area contributed by atoms with Crippen molar-refractivity contribution >= 4 is 40.3 Å². The topological polar surface area (TPSA) is 45.3 Å². The van der Waals surface area contributed by atoms with Crippen molar-refractivity contribution in [2.75, 3.05) is 10.7 Å². The number of hydrogen-bond donors (Lipinski definition) is 3. The highest BCUT2D eigenvalue weighted by molar-refractivity contribution is 7.80. The lowest BCUT2D eigenvalue weighted by Gasteiger charge is -2.13. The second-order valence-corrected chi connectivity index (χ2v) is 4.90. The molecule has 8 heteroatoms. The summed E-state index contributed by atoms with van der Waals surface area (Å²) in [5.74, 6) is 0.0774. The minimum atomic E-state index is -2.85. The molecule has 0 heterocycles. The van der Waals surface area contributed by atoms with E-state index in [-0.39, 0.29) is 5.75 Å². The van der Waals surface area contributed by atoms with Crippen molar-refractivity contribution in [2.24, 2.45) is 0 Å². The molecular weight excluding hydrogens is 332 g/mol. The number of benzene rings is 2. The van der Waals surface area contributed by atoms with E-state index in [4.69, 9.17) is 23.8 Å². The van der Waals surface area contributed by atoms with Crippen LogP contribution in [0.4, 0.5) is 20.2 Å². The molecule has 116 valence electrons. The van der Waals surface area contributed by atoms with Crippen molar-refractivity contribution in [2.45, 2.75) is 6.61 Å². The summed E-state index contributed by atoms with van der Waals surface area (Å²) in [6.07, 6.45) is 0. The Hall–Kier alpha value is -2.12. The maximum atomic E-state index is 12.0. The van der Waals surface area contributed by atoms with Gasteiger partial charge in [-0.05, 0) is 48.6 Å². The molecule has 0 aliphatic carbocycles. The van der Waals surface area contributed by atoms with Crippen molar-refractivity contribution in [3.63, 3.8) is 0 Å². The third-order valence-electron chi connectivity index (χ3n) is 2.52. The van der Waals surface area contributed by atoms with Gasteiger partial charge in [-0.3, -0.25) is 10.9 Å². The first-order valence-corrected chi connectivity index (χ1v) is 6.95. The number of halogens is 3. The number of hydrogen-bond acceptors (Lipinski definition) is 3. The van der Waals surface area contributed by atoms with E-state index in [1.165, 1.54) is 12.1 Å². The lowest BCUT2D eigenvalue weighted by molar-refractivity contribution is -0.0498. The van der Waals surface area contributed by atoms with E-state index < -0.39 is 6.61 Å². The predicted octanol–water partition coefficient (Wildman–Crippen LogP) is 4.25. The van der Waals surface area contributed by atoms with Crippen LogP contribution >= 0.6 is 23.8 Å². The lowest BCUT2D eigenvalue weighted by Crippen LogP contribution is -2.33. The molecule has 0 unspecified atom stereocenters. The van der Waals surface area contributed by atoms with Crippen LogP contribution in [0, 0.1) is 0 Å². The fraction of sp³-hybridized carbons (Fsp3) is 0.0714. The van der Waals surface area contributed by atoms with Gasteiger partial charge in [0.05, 0.1) is 10.7 Å². The molecule has 2 aromatic carbocycles. The Labute approximate surface area is 136 Å². The average Bonchev–Trinajstić information content (AvgIpc) is 2.48. The lowest BCUT2D eigenvalue weighted by atomic mass is 10.3. The third kappa shape index (κ3) is 5.01. The number of hydrazine groups is 1. The highest BCUT2D eigenvalue weighted by Gasteiger charge is 2.04. The summed E-state index contributed by atoms with van der Waals surface area (Å²) in [5, 5.41) is 3.73. The summed E-state index contributed by atoms with van der Waals surface area (Å²) in [6, 6.07) is 13.1. The van der Waals surface area contributed by atoms with Crippen molar-refractivity contribution in [1.29, 1.82) is 0 Å². The van der Waals surface area contributed by atoms with Gasteiger partial charge >= 0.3 is 6.61 Å². The van der Waals surface area contributed by atoms with Gasteiger partial charge in [-0.25, -0.2) is 0 Å². The molecule has 0 bridgehead atoms. The van der Waals surface area contributed by atoms with Gasteiger partial charge < -0.3 is 10.1 Å². The minimum absolute atomic E-state index is 0.0774. The van der Waals surface area contributed by atoms with E-state index >= 15 is 0 Å². The summed E-state index contributed by atoms with van der Waals surface area (Å²) < 4.78 is 28.3. The molecule has 0 amide bonds. The first kappa shape index (κ1) is 16.3. The fourth-order valence-corrected chi connectivity index (χ4v) is 1.92. The van der Waals surface area contributed by atoms with E-state index in [0.717, 1.165) is 0 Å². The SMILES string of the molecule is FC(F)Oc1ccc(NC(=S)NNc2ccccc2Cl)cc1. The van der Waals surface area contributed by atoms with Crippen LogP contribution in [0.3, 0.4) is 0 Å².